The number of aliphatic hydroxyl groups excluding tert-OH is 39. The van der Waals surface area contributed by atoms with E-state index in [-0.39, 0.29) is 69.8 Å². The fourth-order valence-corrected chi connectivity index (χ4v) is 12.0. The van der Waals surface area contributed by atoms with Crippen LogP contribution in [0.25, 0.3) is 0 Å². The first-order valence-electron chi connectivity index (χ1n) is 35.3. The lowest BCUT2D eigenvalue weighted by Crippen LogP contribution is -2.62. The lowest BCUT2D eigenvalue weighted by atomic mass is 9.99. The van der Waals surface area contributed by atoms with Gasteiger partial charge in [0, 0.05) is 25.0 Å². The van der Waals surface area contributed by atoms with E-state index in [0.29, 0.717) is 0 Å². The maximum atomic E-state index is 10.00. The van der Waals surface area contributed by atoms with E-state index in [2.05, 4.69) is 9.47 Å². The Morgan fingerprint density at radius 3 is 0.893 bits per heavy atom. The van der Waals surface area contributed by atoms with Crippen LogP contribution in [0.4, 0.5) is 0 Å². The molecule has 2 aliphatic carbocycles. The highest BCUT2D eigenvalue weighted by molar-refractivity contribution is 5.21. The molecule has 0 amide bonds. The highest BCUT2D eigenvalue weighted by Gasteiger charge is 2.61. The molecule has 59 heteroatoms. The van der Waals surface area contributed by atoms with Gasteiger partial charge in [-0.3, -0.25) is 0 Å². The van der Waals surface area contributed by atoms with E-state index in [1.807, 2.05) is 0 Å². The molecule has 0 unspecified atom stereocenters. The molecule has 10 aliphatic rings. The zero-order valence-corrected chi connectivity index (χ0v) is 62.8. The van der Waals surface area contributed by atoms with Gasteiger partial charge in [0.15, 0.2) is 37.7 Å². The number of hydrogen-bond donors (Lipinski definition) is 40. The second-order valence-electron chi connectivity index (χ2n) is 27.1. The monoisotopic (exact) mass is 1800 g/mol. The van der Waals surface area contributed by atoms with Crippen LogP contribution < -0.4 is 0 Å². The number of ether oxygens (including phenoxy) is 11. The Morgan fingerprint density at radius 2 is 0.579 bits per heavy atom. The van der Waals surface area contributed by atoms with Gasteiger partial charge in [0.25, 0.3) is 0 Å². The molecular weight excluding hydrogens is 1690 g/mol. The van der Waals surface area contributed by atoms with Crippen LogP contribution in [0.1, 0.15) is 12.8 Å². The van der Waals surface area contributed by atoms with E-state index < -0.39 is 316 Å². The quantitative estimate of drug-likeness (QED) is 0.0643. The molecule has 121 heavy (non-hydrogen) atoms. The summed E-state index contributed by atoms with van der Waals surface area (Å²) < 4.78 is 55.1. The van der Waals surface area contributed by atoms with Crippen molar-refractivity contribution >= 4 is 24.6 Å². The molecule has 0 aromatic rings. The minimum atomic E-state index is -2.22. The molecule has 0 aromatic carbocycles. The summed E-state index contributed by atoms with van der Waals surface area (Å²) in [6, 6.07) is 0. The van der Waals surface area contributed by atoms with Crippen molar-refractivity contribution in [1.82, 2.24) is 0 Å². The highest BCUT2D eigenvalue weighted by atomic mass is 16.8. The van der Waals surface area contributed by atoms with Crippen molar-refractivity contribution in [2.75, 3.05) is 85.9 Å². The van der Waals surface area contributed by atoms with Gasteiger partial charge < -0.3 is 256 Å². The SMILES string of the molecule is O=C=O.O=C=O.O=C=O.O=C=O.OC[C@H]1C[C@@H](O)[C@@H](O)[C@@H]1O.OC[C@H]1C[C@](O)(CO)[C@@H](O)[C@@H]1O.OC[C@H]1O[C@@](CO)(O[C@H]2OC[C@@H](O)[C@H](O)[C@H]2O)[C@@H](O)[C@@H]1O.OC[C@H]1O[C@@](CO)(O[C@H]2O[C@H](CO)[C@@H](O)[C@H](O)[C@H]2O)[C@@H](O)[C@@H]1O.OC[C@H]1O[C@H](O)[C@H](O)[C@@H](O)[C@@H]1O.OC[C@H]1O[C@H](O[C@@H]2O[C@H](CO)[C@@H](O)[C@@H]2O)[C@H](O)[C@@H](O)[C@@H]1O.O[C@@H]1[C@@H](O)[C@@H](O)OC[C@H]1O. The molecule has 712 valence electrons. The van der Waals surface area contributed by atoms with Crippen molar-refractivity contribution in [3.05, 3.63) is 0 Å². The number of aliphatic hydroxyl groups is 40. The lowest BCUT2D eigenvalue weighted by Gasteiger charge is -2.43. The smallest absolute Gasteiger partial charge is 0.373 e. The van der Waals surface area contributed by atoms with Gasteiger partial charge >= 0.3 is 24.6 Å². The molecule has 43 atom stereocenters. The van der Waals surface area contributed by atoms with Gasteiger partial charge in [0.2, 0.25) is 11.6 Å². The molecule has 10 rings (SSSR count). The summed E-state index contributed by atoms with van der Waals surface area (Å²) >= 11 is 0. The predicted molar refractivity (Wildman–Crippen MR) is 352 cm³/mol. The fourth-order valence-electron chi connectivity index (χ4n) is 12.0. The van der Waals surface area contributed by atoms with Crippen molar-refractivity contribution in [2.45, 2.75) is 263 Å². The Kier molecular flexibility index (Phi) is 54.5. The molecule has 0 bridgehead atoms. The standard InChI is InChI=1S/C12H22O11.2C11H20O10.C7H14O5.C6H12O6.C6H12O4.C5H10O5.4CO2/c13-1-4-6(16)8(18)9(19)11(21-4)23-12(3-15)10(20)7(17)5(2-14)22-12;12-1-5-7(16)9(18)11(3-13,20-5)21-10-8(17)6(15)4(14)2-19-10;12-1-3-5(14)7(16)9(18)11(19-3)21-10-8(17)6(15)4(2-13)20-10;8-2-4-1-7(12,3-9)6(11)5(4)10;7-1-2-3(8)4(9)5(10)6(11)12-2;7-2-3-1-4(8)6(10)5(3)9;6-2-1-10-5(9)4(8)3(2)7;4*2-1-3/h4-11,13-20H,1-3H2;4-10,12-18H,1-3H2;3-18H,1-2H2;4-6,8-12H,1-3H2;2-11H,1H2;3-10H,1-2H2;2-9H,1H2;;;;/t4-,5-,6-,7-,8+,9-,10+,11-,12+;4-,5-,6+,7-,8-,9+,10-,11+;3-,4-,5-,6-,7+,8+,9-,10+,11-;4-,5-,6+,7+;2-,3-,4+,5-,6+;3-,4-,5-,6-;2-,3+,4-,5+;;;;/m1111111..../s1. The highest BCUT2D eigenvalue weighted by Crippen LogP contribution is 2.39. The van der Waals surface area contributed by atoms with Crippen LogP contribution in [0.3, 0.4) is 0 Å². The van der Waals surface area contributed by atoms with Gasteiger partial charge in [-0.05, 0) is 12.8 Å². The average molecular weight is 1800 g/mol. The summed E-state index contributed by atoms with van der Waals surface area (Å²) in [7, 11) is 0. The maximum absolute atomic E-state index is 10.00. The van der Waals surface area contributed by atoms with Crippen molar-refractivity contribution in [2.24, 2.45) is 11.8 Å². The zero-order valence-electron chi connectivity index (χ0n) is 62.8. The van der Waals surface area contributed by atoms with Crippen molar-refractivity contribution < 1.29 is 295 Å². The summed E-state index contributed by atoms with van der Waals surface area (Å²) in [5.41, 5.74) is -1.66. The van der Waals surface area contributed by atoms with Crippen LogP contribution in [-0.4, -0.2) is 565 Å². The average Bonchev–Trinajstić information content (AvgIpc) is 1.61. The maximum Gasteiger partial charge on any atom is 0.373 e. The van der Waals surface area contributed by atoms with Crippen LogP contribution in [0.5, 0.6) is 0 Å². The molecule has 2 saturated carbocycles. The normalized spacial score (nSPS) is 45.5. The summed E-state index contributed by atoms with van der Waals surface area (Å²) in [6.45, 7) is -7.14. The van der Waals surface area contributed by atoms with Crippen molar-refractivity contribution in [1.29, 1.82) is 0 Å². The molecule has 10 fully saturated rings. The molecule has 0 aromatic heterocycles. The van der Waals surface area contributed by atoms with Gasteiger partial charge in [0.05, 0.1) is 77.8 Å². The first-order chi connectivity index (χ1) is 56.6. The van der Waals surface area contributed by atoms with Crippen LogP contribution in [-0.2, 0) is 90.5 Å². The van der Waals surface area contributed by atoms with E-state index in [1.54, 1.807) is 0 Å². The van der Waals surface area contributed by atoms with Crippen molar-refractivity contribution in [3.8, 4) is 0 Å². The molecule has 0 spiro atoms. The molecule has 8 heterocycles. The van der Waals surface area contributed by atoms with E-state index in [1.165, 1.54) is 0 Å². The number of rotatable bonds is 17. The van der Waals surface area contributed by atoms with Crippen LogP contribution in [0.15, 0.2) is 0 Å². The van der Waals surface area contributed by atoms with E-state index in [4.69, 9.17) is 183 Å². The van der Waals surface area contributed by atoms with Crippen LogP contribution in [0.2, 0.25) is 0 Å². The first-order valence-corrected chi connectivity index (χ1v) is 35.3. The Balaban J connectivity index is 0.00000138. The number of hydrogen-bond acceptors (Lipinski definition) is 59. The zero-order chi connectivity index (χ0) is 93.8. The molecule has 8 aliphatic heterocycles. The minimum Gasteiger partial charge on any atom is -0.396 e. The Hall–Kier alpha value is -4.52. The molecule has 40 N–H and O–H groups in total. The van der Waals surface area contributed by atoms with Gasteiger partial charge in [-0.15, -0.1) is 0 Å². The predicted octanol–water partition coefficient (Wildman–Crippen LogP) is -27.5. The number of carbonyl (C=O) groups excluding carboxylic acids is 8. The largest absolute Gasteiger partial charge is 0.396 e. The third-order valence-electron chi connectivity index (χ3n) is 19.2. The van der Waals surface area contributed by atoms with Crippen molar-refractivity contribution in [3.63, 3.8) is 0 Å². The lowest BCUT2D eigenvalue weighted by molar-refractivity contribution is -0.383. The molecule has 59 nitrogen and oxygen atoms in total. The van der Waals surface area contributed by atoms with Gasteiger partial charge in [-0.25, -0.2) is 0 Å². The molecule has 8 saturated heterocycles. The van der Waals surface area contributed by atoms with Crippen LogP contribution >= 0.6 is 0 Å². The summed E-state index contributed by atoms with van der Waals surface area (Å²) in [6.07, 6.45) is -52.3. The van der Waals surface area contributed by atoms with Gasteiger partial charge in [0.1, 0.15) is 196 Å². The second kappa shape index (κ2) is 56.6. The third kappa shape index (κ3) is 31.4. The Bertz CT molecular complexity index is 2840. The summed E-state index contributed by atoms with van der Waals surface area (Å²) in [5.74, 6) is -5.27. The Labute approximate surface area is 678 Å². The second-order valence-corrected chi connectivity index (χ2v) is 27.1. The fraction of sp³-hybridized carbons (Fsp3) is 0.935. The molecular formula is C62H110O59. The van der Waals surface area contributed by atoms with E-state index >= 15 is 0 Å². The van der Waals surface area contributed by atoms with Gasteiger partial charge in [-0.1, -0.05) is 0 Å². The summed E-state index contributed by atoms with van der Waals surface area (Å²) in [5, 5.41) is 370. The van der Waals surface area contributed by atoms with E-state index in [9.17, 15) is 102 Å². The minimum absolute atomic E-state index is 0.0162. The third-order valence-corrected chi connectivity index (χ3v) is 19.2. The van der Waals surface area contributed by atoms with Crippen LogP contribution in [0, 0.1) is 11.8 Å². The summed E-state index contributed by atoms with van der Waals surface area (Å²) in [4.78, 5) is 65.0. The topological polar surface area (TPSA) is 1050 Å². The molecule has 0 radical (unpaired) electrons. The first kappa shape index (κ1) is 116. The van der Waals surface area contributed by atoms with E-state index in [0.717, 1.165) is 0 Å². The van der Waals surface area contributed by atoms with Gasteiger partial charge in [-0.2, -0.15) is 38.4 Å². The Morgan fingerprint density at radius 1 is 0.273 bits per heavy atom.